The molecule has 5 heteroatoms. The van der Waals surface area contributed by atoms with Gasteiger partial charge in [0.25, 0.3) is 5.91 Å². The van der Waals surface area contributed by atoms with E-state index in [9.17, 15) is 10.1 Å². The quantitative estimate of drug-likeness (QED) is 0.731. The molecule has 166 valence electrons. The van der Waals surface area contributed by atoms with Crippen LogP contribution in [0.3, 0.4) is 0 Å². The zero-order valence-corrected chi connectivity index (χ0v) is 18.6. The van der Waals surface area contributed by atoms with Crippen molar-refractivity contribution in [1.29, 1.82) is 5.26 Å². The molecule has 2 heterocycles. The highest BCUT2D eigenvalue weighted by Gasteiger charge is 2.50. The molecule has 5 rings (SSSR count). The van der Waals surface area contributed by atoms with Crippen LogP contribution in [0.1, 0.15) is 47.5 Å². The van der Waals surface area contributed by atoms with E-state index in [1.807, 2.05) is 35.2 Å². The number of carbonyl (C=O) groups excluding carboxylic acids is 1. The van der Waals surface area contributed by atoms with Crippen molar-refractivity contribution in [2.45, 2.75) is 43.2 Å². The molecule has 2 aliphatic heterocycles. The summed E-state index contributed by atoms with van der Waals surface area (Å²) in [5.41, 5.74) is 2.03. The van der Waals surface area contributed by atoms with Crippen LogP contribution in [0.15, 0.2) is 60.7 Å². The average molecular weight is 429 g/mol. The Morgan fingerprint density at radius 1 is 1.03 bits per heavy atom. The van der Waals surface area contributed by atoms with E-state index in [1.165, 1.54) is 12.0 Å². The third-order valence-electron chi connectivity index (χ3n) is 7.66. The fraction of sp³-hybridized carbons (Fsp3) is 0.481. The van der Waals surface area contributed by atoms with Crippen LogP contribution in [0.5, 0.6) is 0 Å². The second-order valence-electron chi connectivity index (χ2n) is 9.78. The van der Waals surface area contributed by atoms with Gasteiger partial charge in [-0.3, -0.25) is 9.69 Å². The van der Waals surface area contributed by atoms with Gasteiger partial charge in [-0.2, -0.15) is 5.26 Å². The van der Waals surface area contributed by atoms with Gasteiger partial charge >= 0.3 is 0 Å². The Hall–Kier alpha value is -2.68. The lowest BCUT2D eigenvalue weighted by Gasteiger charge is -2.56. The average Bonchev–Trinajstić information content (AvgIpc) is 3.61. The smallest absolute Gasteiger partial charge is 0.253 e. The van der Waals surface area contributed by atoms with Crippen LogP contribution in [-0.4, -0.2) is 60.0 Å². The number of nitriles is 1. The lowest BCUT2D eigenvalue weighted by Crippen LogP contribution is -2.72. The van der Waals surface area contributed by atoms with E-state index in [4.69, 9.17) is 0 Å². The van der Waals surface area contributed by atoms with Gasteiger partial charge in [-0.25, -0.2) is 0 Å². The maximum Gasteiger partial charge on any atom is 0.253 e. The molecule has 1 aliphatic carbocycles. The number of rotatable bonds is 7. The summed E-state index contributed by atoms with van der Waals surface area (Å²) in [6, 6.07) is 23.3. The van der Waals surface area contributed by atoms with Gasteiger partial charge in [0, 0.05) is 30.6 Å². The van der Waals surface area contributed by atoms with Crippen molar-refractivity contribution in [2.24, 2.45) is 5.92 Å². The van der Waals surface area contributed by atoms with Crippen LogP contribution >= 0.6 is 0 Å². The van der Waals surface area contributed by atoms with Gasteiger partial charge in [-0.1, -0.05) is 48.5 Å². The Balaban J connectivity index is 1.09. The second-order valence-corrected chi connectivity index (χ2v) is 9.78. The minimum absolute atomic E-state index is 0.0793. The predicted octanol–water partition coefficient (Wildman–Crippen LogP) is 3.65. The molecule has 1 amide bonds. The molecule has 1 N–H and O–H groups in total. The van der Waals surface area contributed by atoms with E-state index in [2.05, 4.69) is 46.6 Å². The summed E-state index contributed by atoms with van der Waals surface area (Å²) in [6.07, 6.45) is 4.07. The highest BCUT2D eigenvalue weighted by molar-refractivity contribution is 5.95. The monoisotopic (exact) mass is 428 g/mol. The van der Waals surface area contributed by atoms with E-state index in [1.54, 1.807) is 0 Å². The zero-order valence-electron chi connectivity index (χ0n) is 18.6. The number of amides is 1. The van der Waals surface area contributed by atoms with Crippen molar-refractivity contribution in [3.63, 3.8) is 0 Å². The fourth-order valence-electron chi connectivity index (χ4n) is 5.56. The number of nitrogens with one attached hydrogen (secondary N) is 1. The Labute approximate surface area is 191 Å². The van der Waals surface area contributed by atoms with Gasteiger partial charge in [0.05, 0.1) is 18.0 Å². The number of carbonyl (C=O) groups is 1. The van der Waals surface area contributed by atoms with Gasteiger partial charge in [-0.15, -0.1) is 0 Å². The third-order valence-corrected chi connectivity index (χ3v) is 7.66. The molecule has 0 aromatic heterocycles. The molecule has 32 heavy (non-hydrogen) atoms. The molecule has 2 aromatic carbocycles. The van der Waals surface area contributed by atoms with Crippen LogP contribution in [-0.2, 0) is 0 Å². The molecular weight excluding hydrogens is 396 g/mol. The van der Waals surface area contributed by atoms with E-state index < -0.39 is 0 Å². The van der Waals surface area contributed by atoms with Crippen LogP contribution in [0.4, 0.5) is 0 Å². The second kappa shape index (κ2) is 9.05. The van der Waals surface area contributed by atoms with Gasteiger partial charge in [-0.05, 0) is 62.5 Å². The lowest BCUT2D eigenvalue weighted by molar-refractivity contribution is -0.0522. The first-order chi connectivity index (χ1) is 15.7. The number of piperidine rings is 1. The molecule has 2 unspecified atom stereocenters. The lowest BCUT2D eigenvalue weighted by atomic mass is 9.81. The van der Waals surface area contributed by atoms with Crippen molar-refractivity contribution in [2.75, 3.05) is 32.7 Å². The van der Waals surface area contributed by atoms with E-state index in [0.717, 1.165) is 38.0 Å². The molecule has 1 saturated carbocycles. The summed E-state index contributed by atoms with van der Waals surface area (Å²) >= 11 is 0. The zero-order chi connectivity index (χ0) is 22.0. The predicted molar refractivity (Wildman–Crippen MR) is 125 cm³/mol. The number of hydrogen-bond donors (Lipinski definition) is 1. The van der Waals surface area contributed by atoms with E-state index in [-0.39, 0.29) is 11.4 Å². The topological polar surface area (TPSA) is 59.4 Å². The van der Waals surface area contributed by atoms with Gasteiger partial charge in [0.1, 0.15) is 0 Å². The van der Waals surface area contributed by atoms with Crippen LogP contribution in [0.2, 0.25) is 0 Å². The van der Waals surface area contributed by atoms with Gasteiger partial charge < -0.3 is 10.2 Å². The first-order valence-corrected chi connectivity index (χ1v) is 11.9. The standard InChI is InChI=1S/C27H32N4O/c28-14-13-27(19-30(20-27)26(32)23-9-5-2-6-10-23)31-15-11-21(12-16-31)18-29-25-17-24(25)22-7-3-1-4-8-22/h1-10,21,24-25,29H,11-13,15-20H2. The molecule has 0 spiro atoms. The Morgan fingerprint density at radius 2 is 1.69 bits per heavy atom. The van der Waals surface area contributed by atoms with Crippen molar-refractivity contribution in [1.82, 2.24) is 15.1 Å². The van der Waals surface area contributed by atoms with Crippen molar-refractivity contribution < 1.29 is 4.79 Å². The van der Waals surface area contributed by atoms with Crippen LogP contribution in [0, 0.1) is 17.2 Å². The Kier molecular flexibility index (Phi) is 5.99. The van der Waals surface area contributed by atoms with Crippen LogP contribution in [0.25, 0.3) is 0 Å². The number of benzene rings is 2. The normalized spacial score (nSPS) is 25.0. The molecular formula is C27H32N4O. The molecule has 3 aliphatic rings. The minimum Gasteiger partial charge on any atom is -0.335 e. The highest BCUT2D eigenvalue weighted by Crippen LogP contribution is 2.41. The SMILES string of the molecule is N#CCC1(N2CCC(CNC3CC3c3ccccc3)CC2)CN(C(=O)c2ccccc2)C1. The fourth-order valence-corrected chi connectivity index (χ4v) is 5.56. The summed E-state index contributed by atoms with van der Waals surface area (Å²) in [5.74, 6) is 1.46. The summed E-state index contributed by atoms with van der Waals surface area (Å²) < 4.78 is 0. The molecule has 0 bridgehead atoms. The molecule has 0 radical (unpaired) electrons. The maximum absolute atomic E-state index is 12.8. The van der Waals surface area contributed by atoms with Crippen LogP contribution < -0.4 is 5.32 Å². The molecule has 2 aromatic rings. The van der Waals surface area contributed by atoms with Crippen molar-refractivity contribution in [3.05, 3.63) is 71.8 Å². The first-order valence-electron chi connectivity index (χ1n) is 11.9. The first kappa shape index (κ1) is 21.2. The third kappa shape index (κ3) is 4.30. The molecule has 2 saturated heterocycles. The Bertz CT molecular complexity index is 956. The summed E-state index contributed by atoms with van der Waals surface area (Å²) in [4.78, 5) is 17.1. The highest BCUT2D eigenvalue weighted by atomic mass is 16.2. The van der Waals surface area contributed by atoms with Crippen molar-refractivity contribution in [3.8, 4) is 6.07 Å². The number of hydrogen-bond acceptors (Lipinski definition) is 4. The Morgan fingerprint density at radius 3 is 2.34 bits per heavy atom. The molecule has 5 nitrogen and oxygen atoms in total. The summed E-state index contributed by atoms with van der Waals surface area (Å²) in [6.45, 7) is 4.46. The number of likely N-dealkylation sites (tertiary alicyclic amines) is 2. The van der Waals surface area contributed by atoms with Gasteiger partial charge in [0.2, 0.25) is 0 Å². The minimum atomic E-state index is -0.160. The van der Waals surface area contributed by atoms with E-state index >= 15 is 0 Å². The maximum atomic E-state index is 12.8. The van der Waals surface area contributed by atoms with E-state index in [0.29, 0.717) is 37.4 Å². The van der Waals surface area contributed by atoms with Crippen molar-refractivity contribution >= 4 is 5.91 Å². The largest absolute Gasteiger partial charge is 0.335 e. The molecule has 3 fully saturated rings. The molecule has 2 atom stereocenters. The summed E-state index contributed by atoms with van der Waals surface area (Å²) in [7, 11) is 0. The number of nitrogens with zero attached hydrogens (tertiary/aromatic N) is 3. The van der Waals surface area contributed by atoms with Gasteiger partial charge in [0.15, 0.2) is 0 Å². The summed E-state index contributed by atoms with van der Waals surface area (Å²) in [5, 5.41) is 13.3.